The molecule has 2 aromatic rings. The summed E-state index contributed by atoms with van der Waals surface area (Å²) in [6.45, 7) is 6.65. The minimum Gasteiger partial charge on any atom is -0.368 e. The number of anilines is 1. The van der Waals surface area contributed by atoms with Gasteiger partial charge in [-0.05, 0) is 38.5 Å². The molecule has 2 heterocycles. The molecule has 1 aliphatic heterocycles. The van der Waals surface area contributed by atoms with Crippen LogP contribution >= 0.6 is 0 Å². The molecule has 25 heavy (non-hydrogen) atoms. The molecule has 1 unspecified atom stereocenters. The van der Waals surface area contributed by atoms with Crippen molar-refractivity contribution < 1.29 is 13.2 Å². The first-order valence-electron chi connectivity index (χ1n) is 8.21. The number of aromatic nitrogens is 1. The maximum absolute atomic E-state index is 12.8. The molecule has 6 nitrogen and oxygen atoms in total. The molecule has 1 aromatic carbocycles. The van der Waals surface area contributed by atoms with Crippen LogP contribution in [-0.2, 0) is 20.5 Å². The second-order valence-corrected chi connectivity index (χ2v) is 8.22. The van der Waals surface area contributed by atoms with Crippen LogP contribution in [0.4, 0.5) is 5.82 Å². The number of morpholine rings is 1. The predicted octanol–water partition coefficient (Wildman–Crippen LogP) is 2.60. The van der Waals surface area contributed by atoms with E-state index in [1.807, 2.05) is 51.1 Å². The average molecular weight is 361 g/mol. The van der Waals surface area contributed by atoms with Crippen LogP contribution in [0.5, 0.6) is 0 Å². The molecule has 1 saturated heterocycles. The maximum Gasteiger partial charge on any atom is 0.302 e. The van der Waals surface area contributed by atoms with Gasteiger partial charge in [-0.3, -0.25) is 4.72 Å². The van der Waals surface area contributed by atoms with E-state index in [1.54, 1.807) is 12.1 Å². The standard InChI is InChI=1S/C18H23N3O3S/c1-14-7-9-16(10-8-14)18(3)13-21(11-12-24-18)25(22,23)20-17-6-4-5-15(2)19-17/h4-10H,11-13H2,1-3H3,(H,19,20). The van der Waals surface area contributed by atoms with Gasteiger partial charge in [0.1, 0.15) is 11.4 Å². The molecule has 134 valence electrons. The predicted molar refractivity (Wildman–Crippen MR) is 97.6 cm³/mol. The number of benzene rings is 1. The number of ether oxygens (including phenoxy) is 1. The van der Waals surface area contributed by atoms with E-state index in [-0.39, 0.29) is 6.54 Å². The number of rotatable bonds is 4. The van der Waals surface area contributed by atoms with Crippen molar-refractivity contribution in [1.82, 2.24) is 9.29 Å². The molecule has 7 heteroatoms. The average Bonchev–Trinajstić information content (AvgIpc) is 2.55. The SMILES string of the molecule is Cc1ccc(C2(C)CN(S(=O)(=O)Nc3cccc(C)n3)CCO2)cc1. The van der Waals surface area contributed by atoms with Crippen LogP contribution in [0.2, 0.25) is 0 Å². The largest absolute Gasteiger partial charge is 0.368 e. The van der Waals surface area contributed by atoms with Gasteiger partial charge in [0.15, 0.2) is 0 Å². The summed E-state index contributed by atoms with van der Waals surface area (Å²) in [5.74, 6) is 0.323. The lowest BCUT2D eigenvalue weighted by molar-refractivity contribution is -0.0818. The summed E-state index contributed by atoms with van der Waals surface area (Å²) in [4.78, 5) is 4.21. The van der Waals surface area contributed by atoms with Crippen molar-refractivity contribution in [3.63, 3.8) is 0 Å². The van der Waals surface area contributed by atoms with E-state index in [0.717, 1.165) is 16.8 Å². The summed E-state index contributed by atoms with van der Waals surface area (Å²) in [5.41, 5.74) is 2.19. The zero-order valence-electron chi connectivity index (χ0n) is 14.7. The highest BCUT2D eigenvalue weighted by Gasteiger charge is 2.38. The maximum atomic E-state index is 12.8. The molecule has 0 spiro atoms. The lowest BCUT2D eigenvalue weighted by Crippen LogP contribution is -2.51. The highest BCUT2D eigenvalue weighted by atomic mass is 32.2. The third-order valence-corrected chi connectivity index (χ3v) is 5.82. The van der Waals surface area contributed by atoms with E-state index in [9.17, 15) is 8.42 Å². The van der Waals surface area contributed by atoms with Crippen LogP contribution in [0.15, 0.2) is 42.5 Å². The Morgan fingerprint density at radius 1 is 1.16 bits per heavy atom. The van der Waals surface area contributed by atoms with Crippen molar-refractivity contribution in [3.8, 4) is 0 Å². The first-order valence-corrected chi connectivity index (χ1v) is 9.65. The summed E-state index contributed by atoms with van der Waals surface area (Å²) >= 11 is 0. The second kappa shape index (κ2) is 6.74. The van der Waals surface area contributed by atoms with Gasteiger partial charge >= 0.3 is 10.2 Å². The summed E-state index contributed by atoms with van der Waals surface area (Å²) < 4.78 is 35.4. The molecular weight excluding hydrogens is 338 g/mol. The van der Waals surface area contributed by atoms with Crippen molar-refractivity contribution in [2.24, 2.45) is 0 Å². The van der Waals surface area contributed by atoms with Crippen molar-refractivity contribution in [3.05, 3.63) is 59.3 Å². The lowest BCUT2D eigenvalue weighted by atomic mass is 9.94. The third-order valence-electron chi connectivity index (χ3n) is 4.36. The van der Waals surface area contributed by atoms with Gasteiger partial charge in [0.25, 0.3) is 0 Å². The lowest BCUT2D eigenvalue weighted by Gasteiger charge is -2.40. The van der Waals surface area contributed by atoms with Crippen LogP contribution in [0.25, 0.3) is 0 Å². The van der Waals surface area contributed by atoms with Crippen molar-refractivity contribution in [2.75, 3.05) is 24.4 Å². The fourth-order valence-corrected chi connectivity index (χ4v) is 4.15. The number of nitrogens with zero attached hydrogens (tertiary/aromatic N) is 2. The summed E-state index contributed by atoms with van der Waals surface area (Å²) in [5, 5.41) is 0. The Labute approximate surface area is 149 Å². The first kappa shape index (κ1) is 17.8. The molecule has 1 atom stereocenters. The molecule has 1 aliphatic rings. The molecule has 3 rings (SSSR count). The summed E-state index contributed by atoms with van der Waals surface area (Å²) in [6, 6.07) is 13.2. The van der Waals surface area contributed by atoms with E-state index in [0.29, 0.717) is 19.0 Å². The third kappa shape index (κ3) is 4.00. The van der Waals surface area contributed by atoms with E-state index >= 15 is 0 Å². The van der Waals surface area contributed by atoms with Gasteiger partial charge in [0.2, 0.25) is 0 Å². The molecule has 0 radical (unpaired) electrons. The number of pyridine rings is 1. The quantitative estimate of drug-likeness (QED) is 0.909. The Hall–Kier alpha value is -1.96. The van der Waals surface area contributed by atoms with Crippen LogP contribution in [0.3, 0.4) is 0 Å². The Bertz CT molecular complexity index is 852. The Kier molecular flexibility index (Phi) is 4.81. The van der Waals surface area contributed by atoms with Crippen LogP contribution < -0.4 is 4.72 Å². The first-order chi connectivity index (χ1) is 11.8. The van der Waals surface area contributed by atoms with Crippen LogP contribution in [0, 0.1) is 13.8 Å². The van der Waals surface area contributed by atoms with E-state index in [2.05, 4.69) is 9.71 Å². The fourth-order valence-electron chi connectivity index (χ4n) is 2.92. The number of hydrogen-bond donors (Lipinski definition) is 1. The van der Waals surface area contributed by atoms with Gasteiger partial charge in [-0.25, -0.2) is 4.98 Å². The van der Waals surface area contributed by atoms with Crippen LogP contribution in [-0.4, -0.2) is 37.4 Å². The van der Waals surface area contributed by atoms with Gasteiger partial charge < -0.3 is 4.74 Å². The van der Waals surface area contributed by atoms with Gasteiger partial charge in [0, 0.05) is 18.8 Å². The zero-order valence-corrected chi connectivity index (χ0v) is 15.5. The molecule has 0 amide bonds. The van der Waals surface area contributed by atoms with Gasteiger partial charge in [-0.15, -0.1) is 0 Å². The van der Waals surface area contributed by atoms with E-state index in [1.165, 1.54) is 4.31 Å². The molecule has 0 bridgehead atoms. The zero-order chi connectivity index (χ0) is 18.1. The van der Waals surface area contributed by atoms with E-state index < -0.39 is 15.8 Å². The van der Waals surface area contributed by atoms with Crippen molar-refractivity contribution in [2.45, 2.75) is 26.4 Å². The minimum absolute atomic E-state index is 0.247. The number of aryl methyl sites for hydroxylation is 2. The van der Waals surface area contributed by atoms with Gasteiger partial charge in [-0.1, -0.05) is 35.9 Å². The highest BCUT2D eigenvalue weighted by molar-refractivity contribution is 7.90. The number of nitrogens with one attached hydrogen (secondary N) is 1. The topological polar surface area (TPSA) is 71.5 Å². The normalized spacial score (nSPS) is 21.9. The van der Waals surface area contributed by atoms with Gasteiger partial charge in [0.05, 0.1) is 6.61 Å². The second-order valence-electron chi connectivity index (χ2n) is 6.55. The molecule has 0 aliphatic carbocycles. The van der Waals surface area contributed by atoms with Gasteiger partial charge in [-0.2, -0.15) is 12.7 Å². The van der Waals surface area contributed by atoms with Crippen molar-refractivity contribution in [1.29, 1.82) is 0 Å². The Balaban J connectivity index is 1.81. The Morgan fingerprint density at radius 2 is 1.88 bits per heavy atom. The monoisotopic (exact) mass is 361 g/mol. The summed E-state index contributed by atoms with van der Waals surface area (Å²) in [6.07, 6.45) is 0. The molecule has 1 aromatic heterocycles. The fraction of sp³-hybridized carbons (Fsp3) is 0.389. The van der Waals surface area contributed by atoms with E-state index in [4.69, 9.17) is 4.74 Å². The summed E-state index contributed by atoms with van der Waals surface area (Å²) in [7, 11) is -3.70. The Morgan fingerprint density at radius 3 is 2.56 bits per heavy atom. The molecule has 0 saturated carbocycles. The molecule has 1 fully saturated rings. The van der Waals surface area contributed by atoms with Crippen molar-refractivity contribution >= 4 is 16.0 Å². The number of hydrogen-bond acceptors (Lipinski definition) is 4. The molecular formula is C18H23N3O3S. The minimum atomic E-state index is -3.70. The smallest absolute Gasteiger partial charge is 0.302 e. The highest BCUT2D eigenvalue weighted by Crippen LogP contribution is 2.31. The molecule has 1 N–H and O–H groups in total. The van der Waals surface area contributed by atoms with Crippen LogP contribution in [0.1, 0.15) is 23.7 Å².